The lowest BCUT2D eigenvalue weighted by Crippen LogP contribution is -2.52. The SMILES string of the molecule is COc1ccc(-c2ccc3c(c2)C(=O)N2CC[C@H](NC(=O)COCC(=O)[O-])[C@H]2C(=O)N3)cc1. The van der Waals surface area contributed by atoms with Crippen LogP contribution in [0.5, 0.6) is 5.75 Å². The van der Waals surface area contributed by atoms with E-state index in [1.165, 1.54) is 4.90 Å². The maximum Gasteiger partial charge on any atom is 0.256 e. The summed E-state index contributed by atoms with van der Waals surface area (Å²) in [7, 11) is 1.58. The van der Waals surface area contributed by atoms with Crippen molar-refractivity contribution >= 4 is 29.4 Å². The lowest BCUT2D eigenvalue weighted by atomic mass is 10.0. The van der Waals surface area contributed by atoms with Gasteiger partial charge in [0.1, 0.15) is 18.4 Å². The van der Waals surface area contributed by atoms with Gasteiger partial charge in [0, 0.05) is 6.54 Å². The largest absolute Gasteiger partial charge is 0.548 e. The summed E-state index contributed by atoms with van der Waals surface area (Å²) < 4.78 is 9.92. The fourth-order valence-corrected chi connectivity index (χ4v) is 4.13. The van der Waals surface area contributed by atoms with Crippen LogP contribution in [0.2, 0.25) is 0 Å². The van der Waals surface area contributed by atoms with Gasteiger partial charge in [-0.3, -0.25) is 14.4 Å². The van der Waals surface area contributed by atoms with Crippen LogP contribution < -0.4 is 20.5 Å². The highest BCUT2D eigenvalue weighted by atomic mass is 16.5. The van der Waals surface area contributed by atoms with Gasteiger partial charge in [-0.1, -0.05) is 18.2 Å². The Morgan fingerprint density at radius 3 is 2.55 bits per heavy atom. The van der Waals surface area contributed by atoms with Crippen molar-refractivity contribution in [3.05, 3.63) is 48.0 Å². The first-order valence-corrected chi connectivity index (χ1v) is 10.3. The van der Waals surface area contributed by atoms with Crippen molar-refractivity contribution in [2.75, 3.05) is 32.2 Å². The topological polar surface area (TPSA) is 137 Å². The van der Waals surface area contributed by atoms with Crippen LogP contribution in [0, 0.1) is 0 Å². The summed E-state index contributed by atoms with van der Waals surface area (Å²) in [6.07, 6.45) is 0.379. The molecule has 2 aromatic carbocycles. The molecular formula is C23H22N3O7-. The van der Waals surface area contributed by atoms with Crippen LogP contribution in [-0.2, 0) is 19.1 Å². The summed E-state index contributed by atoms with van der Waals surface area (Å²) >= 11 is 0. The van der Waals surface area contributed by atoms with Crippen LogP contribution >= 0.6 is 0 Å². The zero-order valence-electron chi connectivity index (χ0n) is 17.8. The average Bonchev–Trinajstić information content (AvgIpc) is 3.18. The molecular weight excluding hydrogens is 430 g/mol. The maximum absolute atomic E-state index is 13.3. The van der Waals surface area contributed by atoms with Gasteiger partial charge in [0.25, 0.3) is 5.91 Å². The molecule has 0 spiro atoms. The van der Waals surface area contributed by atoms with E-state index in [2.05, 4.69) is 10.6 Å². The lowest BCUT2D eigenvalue weighted by Gasteiger charge is -2.25. The molecule has 172 valence electrons. The van der Waals surface area contributed by atoms with Crippen molar-refractivity contribution in [1.29, 1.82) is 0 Å². The number of rotatable bonds is 7. The Balaban J connectivity index is 1.53. The summed E-state index contributed by atoms with van der Waals surface area (Å²) in [5, 5.41) is 15.9. The second kappa shape index (κ2) is 9.29. The minimum atomic E-state index is -1.43. The van der Waals surface area contributed by atoms with E-state index >= 15 is 0 Å². The Hall–Kier alpha value is -3.92. The normalized spacial score (nSPS) is 19.2. The molecule has 1 saturated heterocycles. The van der Waals surface area contributed by atoms with E-state index in [9.17, 15) is 24.3 Å². The van der Waals surface area contributed by atoms with Crippen LogP contribution in [0.4, 0.5) is 5.69 Å². The zero-order chi connectivity index (χ0) is 23.5. The van der Waals surface area contributed by atoms with Gasteiger partial charge in [0.15, 0.2) is 0 Å². The van der Waals surface area contributed by atoms with Crippen molar-refractivity contribution in [2.45, 2.75) is 18.5 Å². The van der Waals surface area contributed by atoms with Crippen molar-refractivity contribution in [3.8, 4) is 16.9 Å². The minimum Gasteiger partial charge on any atom is -0.548 e. The molecule has 2 N–H and O–H groups in total. The third-order valence-electron chi connectivity index (χ3n) is 5.66. The third kappa shape index (κ3) is 4.65. The van der Waals surface area contributed by atoms with E-state index < -0.39 is 43.1 Å². The van der Waals surface area contributed by atoms with Gasteiger partial charge in [0.2, 0.25) is 11.8 Å². The molecule has 2 aliphatic rings. The Kier molecular flexibility index (Phi) is 6.27. The van der Waals surface area contributed by atoms with Crippen molar-refractivity contribution in [2.24, 2.45) is 0 Å². The average molecular weight is 452 g/mol. The number of hydrogen-bond donors (Lipinski definition) is 2. The summed E-state index contributed by atoms with van der Waals surface area (Å²) in [5.74, 6) is -2.01. The second-order valence-electron chi connectivity index (χ2n) is 7.75. The molecule has 0 unspecified atom stereocenters. The summed E-state index contributed by atoms with van der Waals surface area (Å²) in [6.45, 7) is -0.912. The highest BCUT2D eigenvalue weighted by molar-refractivity contribution is 6.11. The summed E-state index contributed by atoms with van der Waals surface area (Å²) in [4.78, 5) is 50.2. The second-order valence-corrected chi connectivity index (χ2v) is 7.75. The number of anilines is 1. The quantitative estimate of drug-likeness (QED) is 0.593. The van der Waals surface area contributed by atoms with Crippen LogP contribution in [0.3, 0.4) is 0 Å². The first kappa shape index (κ1) is 22.3. The molecule has 0 bridgehead atoms. The van der Waals surface area contributed by atoms with Gasteiger partial charge in [-0.15, -0.1) is 0 Å². The molecule has 10 heteroatoms. The lowest BCUT2D eigenvalue weighted by molar-refractivity contribution is -0.309. The van der Waals surface area contributed by atoms with Gasteiger partial charge in [0.05, 0.1) is 37.0 Å². The van der Waals surface area contributed by atoms with Crippen LogP contribution in [0.25, 0.3) is 11.1 Å². The molecule has 1 fully saturated rings. The number of carbonyl (C=O) groups is 4. The van der Waals surface area contributed by atoms with Gasteiger partial charge in [-0.25, -0.2) is 0 Å². The molecule has 2 atom stereocenters. The van der Waals surface area contributed by atoms with Crippen LogP contribution in [0.1, 0.15) is 16.8 Å². The predicted octanol–water partition coefficient (Wildman–Crippen LogP) is -0.220. The molecule has 0 radical (unpaired) electrons. The number of carbonyl (C=O) groups excluding carboxylic acids is 4. The number of carboxylic acid groups (broad SMARTS) is 1. The Morgan fingerprint density at radius 1 is 1.12 bits per heavy atom. The number of hydrogen-bond acceptors (Lipinski definition) is 7. The Morgan fingerprint density at radius 2 is 1.85 bits per heavy atom. The number of nitrogens with one attached hydrogen (secondary N) is 2. The van der Waals surface area contributed by atoms with Gasteiger partial charge >= 0.3 is 0 Å². The van der Waals surface area contributed by atoms with E-state index in [4.69, 9.17) is 9.47 Å². The van der Waals surface area contributed by atoms with Gasteiger partial charge in [-0.2, -0.15) is 0 Å². The molecule has 2 aliphatic heterocycles. The molecule has 3 amide bonds. The standard InChI is InChI=1S/C23H23N3O7/c1-32-15-5-2-13(3-6-15)14-4-7-17-16(10-14)23(31)26-9-8-18(21(26)22(30)25-17)24-19(27)11-33-12-20(28)29/h2-7,10,18,21H,8-9,11-12H2,1H3,(H,24,27)(H,25,30)(H,28,29)/p-1/t18-,21-/m0/s1. The van der Waals surface area contributed by atoms with Crippen molar-refractivity contribution < 1.29 is 33.8 Å². The third-order valence-corrected chi connectivity index (χ3v) is 5.66. The maximum atomic E-state index is 13.3. The number of amides is 3. The molecule has 2 heterocycles. The summed E-state index contributed by atoms with van der Waals surface area (Å²) in [5.41, 5.74) is 2.47. The molecule has 4 rings (SSSR count). The molecule has 0 saturated carbocycles. The molecule has 2 aromatic rings. The number of ether oxygens (including phenoxy) is 2. The zero-order valence-corrected chi connectivity index (χ0v) is 17.8. The number of fused-ring (bicyclic) bond motifs is 2. The Bertz CT molecular complexity index is 1100. The van der Waals surface area contributed by atoms with E-state index in [0.717, 1.165) is 16.9 Å². The summed E-state index contributed by atoms with van der Waals surface area (Å²) in [6, 6.07) is 11.1. The molecule has 0 aromatic heterocycles. The first-order valence-electron chi connectivity index (χ1n) is 10.3. The van der Waals surface area contributed by atoms with Gasteiger partial charge < -0.3 is 34.9 Å². The first-order chi connectivity index (χ1) is 15.9. The number of carboxylic acids is 1. The number of methoxy groups -OCH3 is 1. The van der Waals surface area contributed by atoms with Crippen molar-refractivity contribution in [3.63, 3.8) is 0 Å². The van der Waals surface area contributed by atoms with E-state index in [1.807, 2.05) is 30.3 Å². The van der Waals surface area contributed by atoms with Crippen molar-refractivity contribution in [1.82, 2.24) is 10.2 Å². The van der Waals surface area contributed by atoms with Crippen LogP contribution in [0.15, 0.2) is 42.5 Å². The van der Waals surface area contributed by atoms with E-state index in [-0.39, 0.29) is 12.5 Å². The molecule has 33 heavy (non-hydrogen) atoms. The molecule has 0 aliphatic carbocycles. The highest BCUT2D eigenvalue weighted by Crippen LogP contribution is 2.32. The fraction of sp³-hybridized carbons (Fsp3) is 0.304. The minimum absolute atomic E-state index is 0.286. The predicted molar refractivity (Wildman–Crippen MR) is 114 cm³/mol. The Labute approximate surface area is 189 Å². The van der Waals surface area contributed by atoms with E-state index in [0.29, 0.717) is 17.7 Å². The monoisotopic (exact) mass is 452 g/mol. The number of nitrogens with zero attached hydrogens (tertiary/aromatic N) is 1. The highest BCUT2D eigenvalue weighted by Gasteiger charge is 2.45. The smallest absolute Gasteiger partial charge is 0.256 e. The number of benzene rings is 2. The fourth-order valence-electron chi connectivity index (χ4n) is 4.13. The van der Waals surface area contributed by atoms with Gasteiger partial charge in [-0.05, 0) is 41.8 Å². The number of aliphatic carboxylic acids is 1. The van der Waals surface area contributed by atoms with E-state index in [1.54, 1.807) is 19.2 Å². The van der Waals surface area contributed by atoms with Crippen LogP contribution in [-0.4, -0.2) is 67.5 Å². The molecule has 10 nitrogen and oxygen atoms in total.